The van der Waals surface area contributed by atoms with Crippen LogP contribution < -0.4 is 0 Å². The number of fused-ring (bicyclic) bond motifs is 1. The summed E-state index contributed by atoms with van der Waals surface area (Å²) in [5.41, 5.74) is 0.449. The predicted molar refractivity (Wildman–Crippen MR) is 45.2 cm³/mol. The van der Waals surface area contributed by atoms with E-state index in [0.29, 0.717) is 17.3 Å². The Bertz CT molecular complexity index is 174. The number of aliphatic hydroxyl groups excluding tert-OH is 1. The zero-order valence-corrected chi connectivity index (χ0v) is 7.67. The highest BCUT2D eigenvalue weighted by Gasteiger charge is 2.62. The Labute approximate surface area is 68.8 Å². The molecule has 2 fully saturated rings. The normalized spacial score (nSPS) is 53.5. The summed E-state index contributed by atoms with van der Waals surface area (Å²) in [5, 5.41) is 9.82. The van der Waals surface area contributed by atoms with Crippen LogP contribution in [0.1, 0.15) is 33.6 Å². The van der Waals surface area contributed by atoms with Gasteiger partial charge in [-0.25, -0.2) is 0 Å². The third-order valence-corrected chi connectivity index (χ3v) is 4.02. The molecule has 0 unspecified atom stereocenters. The Morgan fingerprint density at radius 3 is 2.45 bits per heavy atom. The van der Waals surface area contributed by atoms with Gasteiger partial charge >= 0.3 is 0 Å². The molecule has 0 heterocycles. The fourth-order valence-electron chi connectivity index (χ4n) is 2.98. The minimum absolute atomic E-state index is 0.0104. The first-order valence-electron chi connectivity index (χ1n) is 4.73. The smallest absolute Gasteiger partial charge is 0.0601 e. The molecule has 0 amide bonds. The third kappa shape index (κ3) is 0.868. The van der Waals surface area contributed by atoms with Gasteiger partial charge < -0.3 is 5.11 Å². The molecule has 0 aromatic carbocycles. The molecule has 4 atom stereocenters. The van der Waals surface area contributed by atoms with E-state index in [0.717, 1.165) is 5.92 Å². The second-order valence-corrected chi connectivity index (χ2v) is 5.00. The SMILES string of the molecule is C[C@@H]1CC[C@@H]2[C@H]([C@@H]1O)C2(C)C. The summed E-state index contributed by atoms with van der Waals surface area (Å²) in [4.78, 5) is 0. The van der Waals surface area contributed by atoms with E-state index >= 15 is 0 Å². The fraction of sp³-hybridized carbons (Fsp3) is 1.00. The highest BCUT2D eigenvalue weighted by atomic mass is 16.3. The number of hydrogen-bond donors (Lipinski definition) is 1. The molecule has 0 aromatic rings. The van der Waals surface area contributed by atoms with Crippen LogP contribution in [0.5, 0.6) is 0 Å². The van der Waals surface area contributed by atoms with Crippen molar-refractivity contribution in [1.29, 1.82) is 0 Å². The topological polar surface area (TPSA) is 20.2 Å². The second-order valence-electron chi connectivity index (χ2n) is 5.00. The highest BCUT2D eigenvalue weighted by Crippen LogP contribution is 2.65. The van der Waals surface area contributed by atoms with Crippen LogP contribution in [0.3, 0.4) is 0 Å². The Morgan fingerprint density at radius 2 is 1.91 bits per heavy atom. The molecule has 2 rings (SSSR count). The molecule has 2 saturated carbocycles. The molecule has 2 aliphatic rings. The quantitative estimate of drug-likeness (QED) is 0.566. The van der Waals surface area contributed by atoms with Crippen molar-refractivity contribution in [3.05, 3.63) is 0 Å². The highest BCUT2D eigenvalue weighted by molar-refractivity contribution is 5.11. The van der Waals surface area contributed by atoms with E-state index < -0.39 is 0 Å². The van der Waals surface area contributed by atoms with Crippen LogP contribution in [-0.4, -0.2) is 11.2 Å². The van der Waals surface area contributed by atoms with Crippen LogP contribution in [0.2, 0.25) is 0 Å². The summed E-state index contributed by atoms with van der Waals surface area (Å²) >= 11 is 0. The fourth-order valence-corrected chi connectivity index (χ4v) is 2.98. The van der Waals surface area contributed by atoms with Crippen LogP contribution in [0.15, 0.2) is 0 Å². The van der Waals surface area contributed by atoms with E-state index in [1.54, 1.807) is 0 Å². The Kier molecular flexibility index (Phi) is 1.39. The molecule has 64 valence electrons. The lowest BCUT2D eigenvalue weighted by molar-refractivity contribution is 0.0612. The van der Waals surface area contributed by atoms with Crippen molar-refractivity contribution in [3.63, 3.8) is 0 Å². The molecule has 0 saturated heterocycles. The summed E-state index contributed by atoms with van der Waals surface area (Å²) in [6.07, 6.45) is 2.56. The Hall–Kier alpha value is -0.0400. The molecule has 11 heavy (non-hydrogen) atoms. The maximum absolute atomic E-state index is 9.82. The van der Waals surface area contributed by atoms with Crippen molar-refractivity contribution in [2.75, 3.05) is 0 Å². The lowest BCUT2D eigenvalue weighted by Gasteiger charge is -2.23. The van der Waals surface area contributed by atoms with Crippen LogP contribution in [0.4, 0.5) is 0 Å². The summed E-state index contributed by atoms with van der Waals surface area (Å²) in [5.74, 6) is 1.98. The van der Waals surface area contributed by atoms with E-state index in [2.05, 4.69) is 20.8 Å². The maximum atomic E-state index is 9.82. The standard InChI is InChI=1S/C10H18O/c1-6-4-5-7-8(9(6)11)10(7,2)3/h6-9,11H,4-5H2,1-3H3/t6-,7-,8-,9-/m1/s1. The summed E-state index contributed by atoms with van der Waals surface area (Å²) in [6, 6.07) is 0. The monoisotopic (exact) mass is 154 g/mol. The van der Waals surface area contributed by atoms with Gasteiger partial charge in [-0.2, -0.15) is 0 Å². The molecular weight excluding hydrogens is 136 g/mol. The van der Waals surface area contributed by atoms with Gasteiger partial charge in [0.1, 0.15) is 0 Å². The average Bonchev–Trinajstić information content (AvgIpc) is 2.46. The molecule has 1 heteroatoms. The van der Waals surface area contributed by atoms with Gasteiger partial charge in [0.05, 0.1) is 6.10 Å². The van der Waals surface area contributed by atoms with E-state index in [1.807, 2.05) is 0 Å². The maximum Gasteiger partial charge on any atom is 0.0601 e. The number of rotatable bonds is 0. The van der Waals surface area contributed by atoms with E-state index in [4.69, 9.17) is 0 Å². The first-order chi connectivity index (χ1) is 5.05. The van der Waals surface area contributed by atoms with Gasteiger partial charge in [-0.1, -0.05) is 20.8 Å². The second kappa shape index (κ2) is 2.01. The van der Waals surface area contributed by atoms with Gasteiger partial charge in [-0.15, -0.1) is 0 Å². The van der Waals surface area contributed by atoms with Gasteiger partial charge in [-0.05, 0) is 36.0 Å². The van der Waals surface area contributed by atoms with Crippen molar-refractivity contribution < 1.29 is 5.11 Å². The zero-order chi connectivity index (χ0) is 8.22. The van der Waals surface area contributed by atoms with Crippen LogP contribution in [-0.2, 0) is 0 Å². The minimum Gasteiger partial charge on any atom is -0.393 e. The lowest BCUT2D eigenvalue weighted by atomic mass is 9.88. The molecule has 1 nitrogen and oxygen atoms in total. The third-order valence-electron chi connectivity index (χ3n) is 4.02. The van der Waals surface area contributed by atoms with Gasteiger partial charge in [-0.3, -0.25) is 0 Å². The van der Waals surface area contributed by atoms with Crippen LogP contribution in [0, 0.1) is 23.2 Å². The minimum atomic E-state index is -0.0104. The van der Waals surface area contributed by atoms with Crippen LogP contribution in [0.25, 0.3) is 0 Å². The largest absolute Gasteiger partial charge is 0.393 e. The van der Waals surface area contributed by atoms with Gasteiger partial charge in [0.2, 0.25) is 0 Å². The first kappa shape index (κ1) is 7.60. The van der Waals surface area contributed by atoms with Crippen molar-refractivity contribution in [2.45, 2.75) is 39.7 Å². The van der Waals surface area contributed by atoms with Crippen molar-refractivity contribution >= 4 is 0 Å². The van der Waals surface area contributed by atoms with Crippen LogP contribution >= 0.6 is 0 Å². The van der Waals surface area contributed by atoms with Crippen molar-refractivity contribution in [1.82, 2.24) is 0 Å². The van der Waals surface area contributed by atoms with E-state index in [-0.39, 0.29) is 6.10 Å². The molecule has 0 bridgehead atoms. The first-order valence-corrected chi connectivity index (χ1v) is 4.73. The summed E-state index contributed by atoms with van der Waals surface area (Å²) in [6.45, 7) is 6.77. The van der Waals surface area contributed by atoms with Gasteiger partial charge in [0.15, 0.2) is 0 Å². The zero-order valence-electron chi connectivity index (χ0n) is 7.67. The predicted octanol–water partition coefficient (Wildman–Crippen LogP) is 2.05. The molecule has 0 radical (unpaired) electrons. The number of aliphatic hydroxyl groups is 1. The van der Waals surface area contributed by atoms with E-state index in [1.165, 1.54) is 12.8 Å². The summed E-state index contributed by atoms with van der Waals surface area (Å²) < 4.78 is 0. The molecule has 2 aliphatic carbocycles. The average molecular weight is 154 g/mol. The Morgan fingerprint density at radius 1 is 1.27 bits per heavy atom. The molecule has 0 aliphatic heterocycles. The number of hydrogen-bond acceptors (Lipinski definition) is 1. The Balaban J connectivity index is 2.12. The van der Waals surface area contributed by atoms with Gasteiger partial charge in [0, 0.05) is 0 Å². The summed E-state index contributed by atoms with van der Waals surface area (Å²) in [7, 11) is 0. The molecule has 0 aromatic heterocycles. The lowest BCUT2D eigenvalue weighted by Crippen LogP contribution is -2.25. The van der Waals surface area contributed by atoms with Crippen molar-refractivity contribution in [3.8, 4) is 0 Å². The van der Waals surface area contributed by atoms with Crippen molar-refractivity contribution in [2.24, 2.45) is 23.2 Å². The molecular formula is C10H18O. The molecule has 1 N–H and O–H groups in total. The van der Waals surface area contributed by atoms with Gasteiger partial charge in [0.25, 0.3) is 0 Å². The van der Waals surface area contributed by atoms with E-state index in [9.17, 15) is 5.11 Å². The molecule has 0 spiro atoms.